The number of rotatable bonds is 6. The highest BCUT2D eigenvalue weighted by molar-refractivity contribution is 6.31. The minimum Gasteiger partial charge on any atom is -0.506 e. The van der Waals surface area contributed by atoms with E-state index in [4.69, 9.17) is 23.2 Å². The number of phenolic OH excluding ortho intramolecular Hbond substituents is 1. The summed E-state index contributed by atoms with van der Waals surface area (Å²) >= 11 is 11.9. The van der Waals surface area contributed by atoms with Gasteiger partial charge in [-0.05, 0) is 63.9 Å². The van der Waals surface area contributed by atoms with E-state index in [1.54, 1.807) is 12.1 Å². The minimum absolute atomic E-state index is 0.0497. The number of anilines is 2. The Bertz CT molecular complexity index is 851. The maximum absolute atomic E-state index is 12.8. The first-order chi connectivity index (χ1) is 13.8. The Labute approximate surface area is 181 Å². The molecule has 29 heavy (non-hydrogen) atoms. The Kier molecular flexibility index (Phi) is 7.22. The van der Waals surface area contributed by atoms with E-state index in [1.165, 1.54) is 18.3 Å². The van der Waals surface area contributed by atoms with Crippen LogP contribution >= 0.6 is 23.2 Å². The highest BCUT2D eigenvalue weighted by Gasteiger charge is 2.22. The van der Waals surface area contributed by atoms with E-state index in [-0.39, 0.29) is 16.3 Å². The summed E-state index contributed by atoms with van der Waals surface area (Å²) in [6, 6.07) is 6.78. The van der Waals surface area contributed by atoms with Crippen LogP contribution in [0.25, 0.3) is 0 Å². The first kappa shape index (κ1) is 21.7. The van der Waals surface area contributed by atoms with E-state index < -0.39 is 5.91 Å². The maximum Gasteiger partial charge on any atom is 0.259 e. The molecule has 1 amide bonds. The number of nitrogens with one attached hydrogen (secondary N) is 2. The molecule has 2 aromatic rings. The first-order valence-electron chi connectivity index (χ1n) is 9.77. The van der Waals surface area contributed by atoms with Crippen molar-refractivity contribution >= 4 is 40.6 Å². The van der Waals surface area contributed by atoms with Crippen LogP contribution in [0.4, 0.5) is 11.5 Å². The van der Waals surface area contributed by atoms with Crippen LogP contribution in [0.5, 0.6) is 5.75 Å². The second-order valence-corrected chi connectivity index (χ2v) is 8.49. The second-order valence-electron chi connectivity index (χ2n) is 7.62. The monoisotopic (exact) mass is 436 g/mol. The Morgan fingerprint density at radius 3 is 2.59 bits per heavy atom. The third kappa shape index (κ3) is 5.75. The highest BCUT2D eigenvalue weighted by atomic mass is 35.5. The smallest absolute Gasteiger partial charge is 0.259 e. The summed E-state index contributed by atoms with van der Waals surface area (Å²) in [6.07, 6.45) is 3.61. The molecule has 3 N–H and O–H groups in total. The average molecular weight is 437 g/mol. The van der Waals surface area contributed by atoms with Crippen molar-refractivity contribution in [2.75, 3.05) is 30.3 Å². The number of carbonyl (C=O) groups is 1. The van der Waals surface area contributed by atoms with Crippen molar-refractivity contribution in [1.29, 1.82) is 0 Å². The number of benzene rings is 1. The molecule has 0 bridgehead atoms. The minimum atomic E-state index is -0.408. The Morgan fingerprint density at radius 1 is 1.24 bits per heavy atom. The van der Waals surface area contributed by atoms with E-state index in [2.05, 4.69) is 34.4 Å². The Morgan fingerprint density at radius 2 is 1.97 bits per heavy atom. The van der Waals surface area contributed by atoms with Gasteiger partial charge in [0.05, 0.1) is 16.3 Å². The van der Waals surface area contributed by atoms with Gasteiger partial charge < -0.3 is 20.6 Å². The van der Waals surface area contributed by atoms with Crippen molar-refractivity contribution in [2.24, 2.45) is 5.92 Å². The number of piperidine rings is 1. The molecule has 0 atom stereocenters. The van der Waals surface area contributed by atoms with Gasteiger partial charge in [0.1, 0.15) is 11.6 Å². The zero-order valence-electron chi connectivity index (χ0n) is 16.6. The summed E-state index contributed by atoms with van der Waals surface area (Å²) < 4.78 is 0. The van der Waals surface area contributed by atoms with Crippen LogP contribution in [0, 0.1) is 5.92 Å². The molecular weight excluding hydrogens is 411 g/mol. The summed E-state index contributed by atoms with van der Waals surface area (Å²) in [7, 11) is 0. The van der Waals surface area contributed by atoms with Crippen LogP contribution in [0.1, 0.15) is 37.0 Å². The number of carbonyl (C=O) groups excluding carboxylic acids is 1. The van der Waals surface area contributed by atoms with E-state index in [9.17, 15) is 9.90 Å². The van der Waals surface area contributed by atoms with Gasteiger partial charge in [0.2, 0.25) is 0 Å². The molecule has 156 valence electrons. The number of hydrogen-bond donors (Lipinski definition) is 3. The molecule has 1 aliphatic rings. The van der Waals surface area contributed by atoms with Crippen LogP contribution in [0.3, 0.4) is 0 Å². The maximum atomic E-state index is 12.8. The lowest BCUT2D eigenvalue weighted by Crippen LogP contribution is -2.39. The van der Waals surface area contributed by atoms with Crippen LogP contribution < -0.4 is 10.6 Å². The van der Waals surface area contributed by atoms with Gasteiger partial charge in [-0.2, -0.15) is 0 Å². The molecule has 1 aliphatic heterocycles. The highest BCUT2D eigenvalue weighted by Crippen LogP contribution is 2.33. The molecule has 8 heteroatoms. The molecule has 0 radical (unpaired) electrons. The van der Waals surface area contributed by atoms with E-state index in [0.717, 1.165) is 25.9 Å². The van der Waals surface area contributed by atoms with Gasteiger partial charge in [0.15, 0.2) is 0 Å². The number of halogens is 2. The predicted octanol–water partition coefficient (Wildman–Crippen LogP) is 4.88. The van der Waals surface area contributed by atoms with Gasteiger partial charge in [0.25, 0.3) is 5.91 Å². The van der Waals surface area contributed by atoms with Gasteiger partial charge in [-0.1, -0.05) is 23.2 Å². The fourth-order valence-corrected chi connectivity index (χ4v) is 3.83. The topological polar surface area (TPSA) is 77.5 Å². The molecule has 0 aliphatic carbocycles. The molecular formula is C21H26Cl2N4O2. The van der Waals surface area contributed by atoms with E-state index in [0.29, 0.717) is 35.0 Å². The SMILES string of the molecule is CC(C)N1CCC(CNc2c(O)cc(Cl)cc2C(=O)Nc2ccc(Cl)cn2)CC1. The third-order valence-electron chi connectivity index (χ3n) is 5.24. The molecule has 1 aromatic heterocycles. The lowest BCUT2D eigenvalue weighted by molar-refractivity contribution is 0.102. The van der Waals surface area contributed by atoms with Crippen LogP contribution in [0.2, 0.25) is 10.0 Å². The number of pyridine rings is 1. The fraction of sp³-hybridized carbons (Fsp3) is 0.429. The van der Waals surface area contributed by atoms with Crippen molar-refractivity contribution in [1.82, 2.24) is 9.88 Å². The predicted molar refractivity (Wildman–Crippen MR) is 118 cm³/mol. The molecule has 1 saturated heterocycles. The lowest BCUT2D eigenvalue weighted by Gasteiger charge is -2.34. The second kappa shape index (κ2) is 9.65. The summed E-state index contributed by atoms with van der Waals surface area (Å²) in [6.45, 7) is 7.23. The molecule has 6 nitrogen and oxygen atoms in total. The largest absolute Gasteiger partial charge is 0.506 e. The fourth-order valence-electron chi connectivity index (χ4n) is 3.51. The third-order valence-corrected chi connectivity index (χ3v) is 5.68. The zero-order chi connectivity index (χ0) is 21.0. The Balaban J connectivity index is 1.70. The van der Waals surface area contributed by atoms with Crippen molar-refractivity contribution < 1.29 is 9.90 Å². The van der Waals surface area contributed by atoms with Gasteiger partial charge in [-0.15, -0.1) is 0 Å². The number of amides is 1. The summed E-state index contributed by atoms with van der Waals surface area (Å²) in [4.78, 5) is 19.3. The number of nitrogens with zero attached hydrogens (tertiary/aromatic N) is 2. The molecule has 3 rings (SSSR count). The average Bonchev–Trinajstić information content (AvgIpc) is 2.68. The summed E-state index contributed by atoms with van der Waals surface area (Å²) in [5.41, 5.74) is 0.651. The Hall–Kier alpha value is -2.02. The van der Waals surface area contributed by atoms with Crippen LogP contribution in [0.15, 0.2) is 30.5 Å². The van der Waals surface area contributed by atoms with Gasteiger partial charge in [-0.3, -0.25) is 4.79 Å². The number of aromatic nitrogens is 1. The van der Waals surface area contributed by atoms with Crippen molar-refractivity contribution in [3.05, 3.63) is 46.1 Å². The van der Waals surface area contributed by atoms with Crippen molar-refractivity contribution in [2.45, 2.75) is 32.7 Å². The number of hydrogen-bond acceptors (Lipinski definition) is 5. The van der Waals surface area contributed by atoms with Gasteiger partial charge in [0, 0.05) is 29.9 Å². The van der Waals surface area contributed by atoms with E-state index in [1.807, 2.05) is 0 Å². The first-order valence-corrected chi connectivity index (χ1v) is 10.5. The van der Waals surface area contributed by atoms with Gasteiger partial charge in [-0.25, -0.2) is 4.98 Å². The van der Waals surface area contributed by atoms with Crippen molar-refractivity contribution in [3.63, 3.8) is 0 Å². The molecule has 0 unspecified atom stereocenters. The number of phenols is 1. The van der Waals surface area contributed by atoms with E-state index >= 15 is 0 Å². The number of aromatic hydroxyl groups is 1. The van der Waals surface area contributed by atoms with Crippen molar-refractivity contribution in [3.8, 4) is 5.75 Å². The standard InChI is InChI=1S/C21H26Cl2N4O2/c1-13(2)27-7-5-14(6-8-27)11-25-20-17(9-16(23)10-18(20)28)21(29)26-19-4-3-15(22)12-24-19/h3-4,9-10,12-14,25,28H,5-8,11H2,1-2H3,(H,24,26,29). The molecule has 1 fully saturated rings. The molecule has 2 heterocycles. The lowest BCUT2D eigenvalue weighted by atomic mass is 9.95. The molecule has 0 saturated carbocycles. The molecule has 0 spiro atoms. The van der Waals surface area contributed by atoms with Crippen LogP contribution in [-0.4, -0.2) is 46.6 Å². The normalized spacial score (nSPS) is 15.5. The van der Waals surface area contributed by atoms with Gasteiger partial charge >= 0.3 is 0 Å². The zero-order valence-corrected chi connectivity index (χ0v) is 18.1. The summed E-state index contributed by atoms with van der Waals surface area (Å²) in [5.74, 6) is 0.390. The van der Waals surface area contributed by atoms with Crippen LogP contribution in [-0.2, 0) is 0 Å². The molecule has 1 aromatic carbocycles. The summed E-state index contributed by atoms with van der Waals surface area (Å²) in [5, 5.41) is 17.1. The number of likely N-dealkylation sites (tertiary alicyclic amines) is 1. The quantitative estimate of drug-likeness (QED) is 0.562.